The van der Waals surface area contributed by atoms with Crippen LogP contribution in [-0.4, -0.2) is 69.8 Å². The van der Waals surface area contributed by atoms with Crippen LogP contribution >= 0.6 is 0 Å². The molecule has 0 aromatic rings. The first-order valence-corrected chi connectivity index (χ1v) is 9.66. The lowest BCUT2D eigenvalue weighted by Crippen LogP contribution is -2.33. The number of Topliss-reactive ketones (excluding diaryl/α,β-unsaturated/α-hetero) is 1. The summed E-state index contributed by atoms with van der Waals surface area (Å²) in [6.07, 6.45) is 0.411. The van der Waals surface area contributed by atoms with Crippen LogP contribution in [0.5, 0.6) is 0 Å². The lowest BCUT2D eigenvalue weighted by Gasteiger charge is -2.09. The summed E-state index contributed by atoms with van der Waals surface area (Å²) in [7, 11) is 0. The molecular weight excluding hydrogens is 352 g/mol. The molecule has 27 heavy (non-hydrogen) atoms. The van der Waals surface area contributed by atoms with E-state index >= 15 is 0 Å². The molecule has 2 N–H and O–H groups in total. The second-order valence-electron chi connectivity index (χ2n) is 6.10. The minimum absolute atomic E-state index is 0.0347. The van der Waals surface area contributed by atoms with E-state index in [0.717, 1.165) is 0 Å². The number of ether oxygens (including phenoxy) is 3. The van der Waals surface area contributed by atoms with Gasteiger partial charge >= 0.3 is 0 Å². The van der Waals surface area contributed by atoms with E-state index in [-0.39, 0.29) is 56.0 Å². The first kappa shape index (κ1) is 27.7. The van der Waals surface area contributed by atoms with Gasteiger partial charge in [0.1, 0.15) is 13.2 Å². The van der Waals surface area contributed by atoms with Gasteiger partial charge in [0.25, 0.3) is 0 Å². The SMILES string of the molecule is CC.CC(C)OCCC(=O)NCCOCC(=O)NCCOCC(=O)C(C)C. The Hall–Kier alpha value is -1.51. The van der Waals surface area contributed by atoms with Crippen molar-refractivity contribution in [2.24, 2.45) is 5.92 Å². The van der Waals surface area contributed by atoms with Gasteiger partial charge in [-0.2, -0.15) is 0 Å². The monoisotopic (exact) mass is 390 g/mol. The molecule has 2 amide bonds. The zero-order chi connectivity index (χ0) is 21.1. The predicted molar refractivity (Wildman–Crippen MR) is 105 cm³/mol. The van der Waals surface area contributed by atoms with E-state index in [0.29, 0.717) is 26.1 Å². The Bertz CT molecular complexity index is 400. The van der Waals surface area contributed by atoms with Crippen LogP contribution in [0.15, 0.2) is 0 Å². The summed E-state index contributed by atoms with van der Waals surface area (Å²) >= 11 is 0. The normalized spacial score (nSPS) is 10.4. The van der Waals surface area contributed by atoms with Gasteiger partial charge in [-0.25, -0.2) is 0 Å². The predicted octanol–water partition coefficient (Wildman–Crippen LogP) is 1.32. The highest BCUT2D eigenvalue weighted by Gasteiger charge is 2.07. The lowest BCUT2D eigenvalue weighted by atomic mass is 10.1. The molecule has 0 aromatic heterocycles. The Kier molecular flexibility index (Phi) is 19.8. The molecule has 0 bridgehead atoms. The topological polar surface area (TPSA) is 103 Å². The molecule has 0 unspecified atom stereocenters. The summed E-state index contributed by atoms with van der Waals surface area (Å²) in [5, 5.41) is 5.30. The number of amides is 2. The van der Waals surface area contributed by atoms with Crippen molar-refractivity contribution < 1.29 is 28.6 Å². The molecule has 160 valence electrons. The highest BCUT2D eigenvalue weighted by Crippen LogP contribution is 1.94. The summed E-state index contributed by atoms with van der Waals surface area (Å²) in [5.41, 5.74) is 0. The molecule has 0 aliphatic rings. The minimum atomic E-state index is -0.268. The summed E-state index contributed by atoms with van der Waals surface area (Å²) in [4.78, 5) is 34.2. The van der Waals surface area contributed by atoms with E-state index in [2.05, 4.69) is 10.6 Å². The van der Waals surface area contributed by atoms with E-state index in [1.165, 1.54) is 0 Å². The molecular formula is C19H38N2O6. The van der Waals surface area contributed by atoms with Crippen molar-refractivity contribution in [1.82, 2.24) is 10.6 Å². The highest BCUT2D eigenvalue weighted by atomic mass is 16.5. The molecule has 0 saturated heterocycles. The van der Waals surface area contributed by atoms with Gasteiger partial charge in [0.15, 0.2) is 5.78 Å². The molecule has 0 saturated carbocycles. The number of nitrogens with one attached hydrogen (secondary N) is 2. The average molecular weight is 391 g/mol. The maximum absolute atomic E-state index is 11.5. The Balaban J connectivity index is 0. The molecule has 0 aliphatic carbocycles. The largest absolute Gasteiger partial charge is 0.378 e. The maximum Gasteiger partial charge on any atom is 0.246 e. The molecule has 0 fully saturated rings. The first-order chi connectivity index (χ1) is 12.8. The van der Waals surface area contributed by atoms with Gasteiger partial charge in [0.05, 0.1) is 25.9 Å². The van der Waals surface area contributed by atoms with Crippen LogP contribution in [0, 0.1) is 5.92 Å². The van der Waals surface area contributed by atoms with Crippen molar-refractivity contribution >= 4 is 17.6 Å². The highest BCUT2D eigenvalue weighted by molar-refractivity contribution is 5.81. The maximum atomic E-state index is 11.5. The number of carbonyl (C=O) groups excluding carboxylic acids is 3. The molecule has 0 radical (unpaired) electrons. The van der Waals surface area contributed by atoms with E-state index in [4.69, 9.17) is 14.2 Å². The van der Waals surface area contributed by atoms with Crippen LogP contribution in [0.3, 0.4) is 0 Å². The molecule has 0 spiro atoms. The van der Waals surface area contributed by atoms with Crippen molar-refractivity contribution in [2.75, 3.05) is 46.1 Å². The fraction of sp³-hybridized carbons (Fsp3) is 0.842. The van der Waals surface area contributed by atoms with E-state index < -0.39 is 0 Å². The van der Waals surface area contributed by atoms with E-state index in [1.807, 2.05) is 41.5 Å². The van der Waals surface area contributed by atoms with Gasteiger partial charge in [-0.05, 0) is 13.8 Å². The van der Waals surface area contributed by atoms with E-state index in [1.54, 1.807) is 0 Å². The summed E-state index contributed by atoms with van der Waals surface area (Å²) < 4.78 is 15.6. The van der Waals surface area contributed by atoms with Gasteiger partial charge < -0.3 is 24.8 Å². The van der Waals surface area contributed by atoms with Crippen LogP contribution in [0.4, 0.5) is 0 Å². The number of rotatable bonds is 15. The third-order valence-corrected chi connectivity index (χ3v) is 3.04. The van der Waals surface area contributed by atoms with Crippen LogP contribution < -0.4 is 10.6 Å². The van der Waals surface area contributed by atoms with Crippen LogP contribution in [0.25, 0.3) is 0 Å². The third kappa shape index (κ3) is 20.7. The van der Waals surface area contributed by atoms with Gasteiger partial charge in [0, 0.05) is 25.4 Å². The second kappa shape index (κ2) is 19.3. The van der Waals surface area contributed by atoms with Crippen LogP contribution in [-0.2, 0) is 28.6 Å². The van der Waals surface area contributed by atoms with Crippen molar-refractivity contribution in [3.05, 3.63) is 0 Å². The van der Waals surface area contributed by atoms with E-state index in [9.17, 15) is 14.4 Å². The Morgan fingerprint density at radius 1 is 0.778 bits per heavy atom. The molecule has 0 atom stereocenters. The fourth-order valence-corrected chi connectivity index (χ4v) is 1.56. The Morgan fingerprint density at radius 2 is 1.30 bits per heavy atom. The third-order valence-electron chi connectivity index (χ3n) is 3.04. The zero-order valence-electron chi connectivity index (χ0n) is 17.8. The van der Waals surface area contributed by atoms with Gasteiger partial charge in [-0.15, -0.1) is 0 Å². The van der Waals surface area contributed by atoms with Gasteiger partial charge in [-0.3, -0.25) is 14.4 Å². The van der Waals surface area contributed by atoms with Crippen LogP contribution in [0.2, 0.25) is 0 Å². The van der Waals surface area contributed by atoms with Gasteiger partial charge in [0.2, 0.25) is 11.8 Å². The summed E-state index contributed by atoms with van der Waals surface area (Å²) in [5.74, 6) is -0.393. The smallest absolute Gasteiger partial charge is 0.246 e. The Morgan fingerprint density at radius 3 is 1.81 bits per heavy atom. The van der Waals surface area contributed by atoms with Crippen LogP contribution in [0.1, 0.15) is 48.0 Å². The fourth-order valence-electron chi connectivity index (χ4n) is 1.56. The standard InChI is InChI=1S/C17H32N2O6.C2H6/c1-13(2)15(20)11-23-9-7-19-17(22)12-24-10-6-18-16(21)5-8-25-14(3)4;1-2/h13-14H,5-12H2,1-4H3,(H,18,21)(H,19,22);1-2H3. The number of hydrogen-bond acceptors (Lipinski definition) is 6. The zero-order valence-corrected chi connectivity index (χ0v) is 17.8. The number of hydrogen-bond donors (Lipinski definition) is 2. The van der Waals surface area contributed by atoms with Crippen molar-refractivity contribution in [3.8, 4) is 0 Å². The summed E-state index contributed by atoms with van der Waals surface area (Å²) in [6.45, 7) is 13.0. The van der Waals surface area contributed by atoms with Crippen molar-refractivity contribution in [1.29, 1.82) is 0 Å². The molecule has 8 nitrogen and oxygen atoms in total. The van der Waals surface area contributed by atoms with Crippen molar-refractivity contribution in [3.63, 3.8) is 0 Å². The first-order valence-electron chi connectivity index (χ1n) is 9.66. The molecule has 0 aliphatic heterocycles. The van der Waals surface area contributed by atoms with Crippen molar-refractivity contribution in [2.45, 2.75) is 54.1 Å². The second-order valence-corrected chi connectivity index (χ2v) is 6.10. The van der Waals surface area contributed by atoms with Gasteiger partial charge in [-0.1, -0.05) is 27.7 Å². The number of ketones is 1. The Labute approximate surface area is 163 Å². The minimum Gasteiger partial charge on any atom is -0.378 e. The average Bonchev–Trinajstić information content (AvgIpc) is 2.62. The molecule has 0 heterocycles. The quantitative estimate of drug-likeness (QED) is 0.409. The summed E-state index contributed by atoms with van der Waals surface area (Å²) in [6, 6.07) is 0. The lowest BCUT2D eigenvalue weighted by molar-refractivity contribution is -0.127. The molecule has 0 aromatic carbocycles. The number of carbonyl (C=O) groups is 3. The molecule has 8 heteroatoms. The molecule has 0 rings (SSSR count).